The van der Waals surface area contributed by atoms with Gasteiger partial charge in [-0.15, -0.1) is 0 Å². The number of oxazole rings is 1. The van der Waals surface area contributed by atoms with E-state index < -0.39 is 0 Å². The Hall–Kier alpha value is -1.55. The Morgan fingerprint density at radius 2 is 2.12 bits per heavy atom. The summed E-state index contributed by atoms with van der Waals surface area (Å²) in [5, 5.41) is 0. The zero-order valence-corrected chi connectivity index (χ0v) is 10.2. The summed E-state index contributed by atoms with van der Waals surface area (Å²) in [6, 6.07) is 8.50. The van der Waals surface area contributed by atoms with Gasteiger partial charge in [0.05, 0.1) is 0 Å². The number of para-hydroxylation sites is 2. The molecule has 0 atom stereocenters. The Bertz CT molecular complexity index is 433. The van der Waals surface area contributed by atoms with Crippen LogP contribution in [0.3, 0.4) is 0 Å². The second-order valence-electron chi connectivity index (χ2n) is 4.09. The lowest BCUT2D eigenvalue weighted by atomic mass is 10.3. The van der Waals surface area contributed by atoms with E-state index in [1.54, 1.807) is 0 Å². The summed E-state index contributed by atoms with van der Waals surface area (Å²) >= 11 is 0. The van der Waals surface area contributed by atoms with Gasteiger partial charge < -0.3 is 15.1 Å². The molecule has 0 amide bonds. The fourth-order valence-corrected chi connectivity index (χ4v) is 1.80. The van der Waals surface area contributed by atoms with E-state index in [1.165, 1.54) is 0 Å². The molecular formula is C13H19N3O. The molecule has 17 heavy (non-hydrogen) atoms. The number of hydrogen-bond acceptors (Lipinski definition) is 4. The molecule has 0 unspecified atom stereocenters. The van der Waals surface area contributed by atoms with Crippen molar-refractivity contribution in [2.75, 3.05) is 24.5 Å². The van der Waals surface area contributed by atoms with Crippen LogP contribution in [0.5, 0.6) is 0 Å². The monoisotopic (exact) mass is 233 g/mol. The van der Waals surface area contributed by atoms with E-state index in [4.69, 9.17) is 10.2 Å². The van der Waals surface area contributed by atoms with Crippen LogP contribution < -0.4 is 10.6 Å². The summed E-state index contributed by atoms with van der Waals surface area (Å²) in [6.07, 6.45) is 2.28. The first kappa shape index (κ1) is 11.9. The normalized spacial score (nSPS) is 10.9. The van der Waals surface area contributed by atoms with Gasteiger partial charge in [-0.3, -0.25) is 0 Å². The van der Waals surface area contributed by atoms with Crippen molar-refractivity contribution in [2.45, 2.75) is 19.8 Å². The largest absolute Gasteiger partial charge is 0.423 e. The standard InChI is InChI=1S/C13H19N3O/c1-2-3-9-16(10-8-14)13-15-11-6-4-5-7-12(11)17-13/h4-7H,2-3,8-10,14H2,1H3. The summed E-state index contributed by atoms with van der Waals surface area (Å²) in [5.41, 5.74) is 7.36. The van der Waals surface area contributed by atoms with E-state index in [9.17, 15) is 0 Å². The molecule has 0 radical (unpaired) electrons. The number of nitrogens with two attached hydrogens (primary N) is 1. The van der Waals surface area contributed by atoms with Crippen molar-refractivity contribution in [3.63, 3.8) is 0 Å². The van der Waals surface area contributed by atoms with E-state index >= 15 is 0 Å². The Balaban J connectivity index is 2.21. The topological polar surface area (TPSA) is 55.3 Å². The fraction of sp³-hybridized carbons (Fsp3) is 0.462. The summed E-state index contributed by atoms with van der Waals surface area (Å²) in [7, 11) is 0. The van der Waals surface area contributed by atoms with Crippen molar-refractivity contribution in [1.29, 1.82) is 0 Å². The molecule has 1 aromatic carbocycles. The van der Waals surface area contributed by atoms with Crippen LogP contribution in [0.1, 0.15) is 19.8 Å². The molecule has 4 nitrogen and oxygen atoms in total. The summed E-state index contributed by atoms with van der Waals surface area (Å²) < 4.78 is 5.74. The van der Waals surface area contributed by atoms with Gasteiger partial charge in [-0.25, -0.2) is 0 Å². The number of unbranched alkanes of at least 4 members (excludes halogenated alkanes) is 1. The molecule has 0 aliphatic carbocycles. The van der Waals surface area contributed by atoms with Crippen LogP contribution in [-0.4, -0.2) is 24.6 Å². The molecular weight excluding hydrogens is 214 g/mol. The molecule has 2 N–H and O–H groups in total. The third-order valence-corrected chi connectivity index (χ3v) is 2.73. The summed E-state index contributed by atoms with van der Waals surface area (Å²) in [4.78, 5) is 6.60. The molecule has 4 heteroatoms. The van der Waals surface area contributed by atoms with Gasteiger partial charge in [0.15, 0.2) is 5.58 Å². The lowest BCUT2D eigenvalue weighted by Crippen LogP contribution is -2.30. The lowest BCUT2D eigenvalue weighted by Gasteiger charge is -2.18. The predicted octanol–water partition coefficient (Wildman–Crippen LogP) is 2.39. The second kappa shape index (κ2) is 5.68. The first-order chi connectivity index (χ1) is 8.35. The molecule has 0 bridgehead atoms. The van der Waals surface area contributed by atoms with Gasteiger partial charge in [0.2, 0.25) is 0 Å². The number of hydrogen-bond donors (Lipinski definition) is 1. The minimum absolute atomic E-state index is 0.614. The molecule has 0 spiro atoms. The van der Waals surface area contributed by atoms with Gasteiger partial charge in [0, 0.05) is 19.6 Å². The summed E-state index contributed by atoms with van der Waals surface area (Å²) in [6.45, 7) is 4.52. The quantitative estimate of drug-likeness (QED) is 0.832. The highest BCUT2D eigenvalue weighted by molar-refractivity contribution is 5.74. The smallest absolute Gasteiger partial charge is 0.298 e. The lowest BCUT2D eigenvalue weighted by molar-refractivity contribution is 0.559. The average molecular weight is 233 g/mol. The first-order valence-electron chi connectivity index (χ1n) is 6.15. The van der Waals surface area contributed by atoms with Crippen LogP contribution in [0, 0.1) is 0 Å². The second-order valence-corrected chi connectivity index (χ2v) is 4.09. The van der Waals surface area contributed by atoms with Crippen LogP contribution in [0.15, 0.2) is 28.7 Å². The van der Waals surface area contributed by atoms with Gasteiger partial charge in [-0.2, -0.15) is 4.98 Å². The predicted molar refractivity (Wildman–Crippen MR) is 70.2 cm³/mol. The number of benzene rings is 1. The molecule has 0 saturated heterocycles. The van der Waals surface area contributed by atoms with Crippen molar-refractivity contribution in [1.82, 2.24) is 4.98 Å². The summed E-state index contributed by atoms with van der Waals surface area (Å²) in [5.74, 6) is 0. The molecule has 0 saturated carbocycles. The van der Waals surface area contributed by atoms with Crippen molar-refractivity contribution in [2.24, 2.45) is 5.73 Å². The number of anilines is 1. The highest BCUT2D eigenvalue weighted by Gasteiger charge is 2.12. The van der Waals surface area contributed by atoms with E-state index in [0.717, 1.165) is 37.0 Å². The number of rotatable bonds is 6. The van der Waals surface area contributed by atoms with Crippen molar-refractivity contribution in [3.8, 4) is 0 Å². The Morgan fingerprint density at radius 3 is 2.82 bits per heavy atom. The number of nitrogens with zero attached hydrogens (tertiary/aromatic N) is 2. The third-order valence-electron chi connectivity index (χ3n) is 2.73. The molecule has 0 aliphatic heterocycles. The third kappa shape index (κ3) is 2.77. The van der Waals surface area contributed by atoms with E-state index in [2.05, 4.69) is 16.8 Å². The van der Waals surface area contributed by atoms with Crippen LogP contribution in [0.4, 0.5) is 6.01 Å². The fourth-order valence-electron chi connectivity index (χ4n) is 1.80. The van der Waals surface area contributed by atoms with Gasteiger partial charge in [0.25, 0.3) is 6.01 Å². The molecule has 0 aliphatic rings. The molecule has 2 rings (SSSR count). The van der Waals surface area contributed by atoms with Crippen LogP contribution in [-0.2, 0) is 0 Å². The zero-order chi connectivity index (χ0) is 12.1. The van der Waals surface area contributed by atoms with E-state index in [1.807, 2.05) is 24.3 Å². The molecule has 0 fully saturated rings. The maximum Gasteiger partial charge on any atom is 0.298 e. The number of aromatic nitrogens is 1. The highest BCUT2D eigenvalue weighted by atomic mass is 16.4. The highest BCUT2D eigenvalue weighted by Crippen LogP contribution is 2.21. The Kier molecular flexibility index (Phi) is 3.98. The maximum absolute atomic E-state index is 5.74. The minimum atomic E-state index is 0.614. The van der Waals surface area contributed by atoms with Crippen LogP contribution in [0.2, 0.25) is 0 Å². The molecule has 2 aromatic rings. The van der Waals surface area contributed by atoms with Crippen LogP contribution >= 0.6 is 0 Å². The average Bonchev–Trinajstić information content (AvgIpc) is 2.78. The van der Waals surface area contributed by atoms with Crippen molar-refractivity contribution >= 4 is 17.1 Å². The molecule has 1 aromatic heterocycles. The Labute approximate surface area is 101 Å². The number of fused-ring (bicyclic) bond motifs is 1. The maximum atomic E-state index is 5.74. The zero-order valence-electron chi connectivity index (χ0n) is 10.2. The first-order valence-corrected chi connectivity index (χ1v) is 6.15. The van der Waals surface area contributed by atoms with Gasteiger partial charge in [-0.1, -0.05) is 25.5 Å². The molecule has 1 heterocycles. The SMILES string of the molecule is CCCCN(CCN)c1nc2ccccc2o1. The van der Waals surface area contributed by atoms with Gasteiger partial charge in [-0.05, 0) is 18.6 Å². The molecule has 92 valence electrons. The van der Waals surface area contributed by atoms with Gasteiger partial charge >= 0.3 is 0 Å². The minimum Gasteiger partial charge on any atom is -0.423 e. The van der Waals surface area contributed by atoms with Crippen LogP contribution in [0.25, 0.3) is 11.1 Å². The van der Waals surface area contributed by atoms with E-state index in [0.29, 0.717) is 12.6 Å². The Morgan fingerprint density at radius 1 is 1.29 bits per heavy atom. The van der Waals surface area contributed by atoms with Crippen molar-refractivity contribution < 1.29 is 4.42 Å². The van der Waals surface area contributed by atoms with Gasteiger partial charge in [0.1, 0.15) is 5.52 Å². The van der Waals surface area contributed by atoms with Crippen molar-refractivity contribution in [3.05, 3.63) is 24.3 Å². The van der Waals surface area contributed by atoms with E-state index in [-0.39, 0.29) is 0 Å².